The number of aromatic nitrogens is 1. The van der Waals surface area contributed by atoms with Gasteiger partial charge in [-0.25, -0.2) is 4.79 Å². The molecule has 6 heteroatoms. The molecule has 2 aliphatic heterocycles. The van der Waals surface area contributed by atoms with Crippen LogP contribution in [0.4, 0.5) is 10.5 Å². The minimum Gasteiger partial charge on any atom is -0.338 e. The van der Waals surface area contributed by atoms with Gasteiger partial charge >= 0.3 is 6.03 Å². The topological polar surface area (TPSA) is 65.5 Å². The number of carbonyl (C=O) groups is 2. The summed E-state index contributed by atoms with van der Waals surface area (Å²) in [6, 6.07) is 13.5. The average Bonchev–Trinajstić information content (AvgIpc) is 2.88. The van der Waals surface area contributed by atoms with Gasteiger partial charge in [-0.3, -0.25) is 9.78 Å². The molecule has 3 amide bonds. The van der Waals surface area contributed by atoms with Crippen LogP contribution in [0.5, 0.6) is 0 Å². The third-order valence-corrected chi connectivity index (χ3v) is 8.07. The van der Waals surface area contributed by atoms with Crippen molar-refractivity contribution >= 4 is 17.6 Å². The average molecular weight is 461 g/mol. The molecule has 1 aromatic carbocycles. The van der Waals surface area contributed by atoms with Gasteiger partial charge in [-0.1, -0.05) is 37.5 Å². The predicted octanol–water partition coefficient (Wildman–Crippen LogP) is 5.45. The number of nitrogens with zero attached hydrogens (tertiary/aromatic N) is 3. The van der Waals surface area contributed by atoms with E-state index in [-0.39, 0.29) is 17.9 Å². The Balaban J connectivity index is 1.25. The molecule has 3 aliphatic rings. The van der Waals surface area contributed by atoms with E-state index in [9.17, 15) is 9.59 Å². The Morgan fingerprint density at radius 1 is 0.853 bits per heavy atom. The van der Waals surface area contributed by atoms with Crippen LogP contribution in [-0.4, -0.2) is 52.9 Å². The number of rotatable bonds is 3. The van der Waals surface area contributed by atoms with E-state index in [0.29, 0.717) is 19.0 Å². The molecule has 1 aromatic heterocycles. The van der Waals surface area contributed by atoms with Crippen molar-refractivity contribution in [3.63, 3.8) is 0 Å². The normalized spacial score (nSPS) is 23.3. The summed E-state index contributed by atoms with van der Waals surface area (Å²) in [7, 11) is 0. The Hall–Kier alpha value is -2.89. The largest absolute Gasteiger partial charge is 0.338 e. The molecule has 180 valence electrons. The van der Waals surface area contributed by atoms with Gasteiger partial charge in [0.25, 0.3) is 5.91 Å². The van der Waals surface area contributed by atoms with Crippen LogP contribution in [0.1, 0.15) is 72.6 Å². The zero-order valence-electron chi connectivity index (χ0n) is 20.2. The maximum Gasteiger partial charge on any atom is 0.321 e. The number of aryl methyl sites for hydroxylation is 1. The first kappa shape index (κ1) is 22.9. The Morgan fingerprint density at radius 3 is 2.32 bits per heavy atom. The van der Waals surface area contributed by atoms with Gasteiger partial charge in [0.05, 0.1) is 11.3 Å². The van der Waals surface area contributed by atoms with Crippen LogP contribution >= 0.6 is 0 Å². The quantitative estimate of drug-likeness (QED) is 0.662. The number of anilines is 1. The van der Waals surface area contributed by atoms with E-state index in [0.717, 1.165) is 60.9 Å². The third-order valence-electron chi connectivity index (χ3n) is 8.07. The van der Waals surface area contributed by atoms with Crippen LogP contribution in [0.2, 0.25) is 0 Å². The number of amides is 3. The summed E-state index contributed by atoms with van der Waals surface area (Å²) in [6.07, 6.45) is 8.03. The molecule has 3 heterocycles. The molecule has 0 radical (unpaired) electrons. The molecule has 1 saturated carbocycles. The van der Waals surface area contributed by atoms with E-state index >= 15 is 0 Å². The number of hydrogen-bond acceptors (Lipinski definition) is 3. The number of piperidine rings is 2. The Morgan fingerprint density at radius 2 is 1.56 bits per heavy atom. The maximum atomic E-state index is 13.6. The van der Waals surface area contributed by atoms with E-state index in [1.54, 1.807) is 0 Å². The molecule has 2 unspecified atom stereocenters. The van der Waals surface area contributed by atoms with E-state index in [1.807, 2.05) is 54.3 Å². The second kappa shape index (κ2) is 10.2. The molecule has 6 nitrogen and oxygen atoms in total. The minimum absolute atomic E-state index is 0.0616. The molecule has 0 bridgehead atoms. The lowest BCUT2D eigenvalue weighted by Gasteiger charge is -2.41. The number of carbonyl (C=O) groups excluding carboxylic acids is 2. The van der Waals surface area contributed by atoms with Gasteiger partial charge in [-0.15, -0.1) is 0 Å². The van der Waals surface area contributed by atoms with Crippen LogP contribution in [-0.2, 0) is 0 Å². The molecule has 2 atom stereocenters. The number of hydrogen-bond donors (Lipinski definition) is 1. The summed E-state index contributed by atoms with van der Waals surface area (Å²) < 4.78 is 0. The second-order valence-electron chi connectivity index (χ2n) is 10.3. The maximum absolute atomic E-state index is 13.6. The highest BCUT2D eigenvalue weighted by Crippen LogP contribution is 2.37. The molecule has 0 spiro atoms. The van der Waals surface area contributed by atoms with E-state index in [2.05, 4.69) is 10.2 Å². The van der Waals surface area contributed by atoms with Gasteiger partial charge < -0.3 is 15.1 Å². The lowest BCUT2D eigenvalue weighted by atomic mass is 9.75. The van der Waals surface area contributed by atoms with Crippen molar-refractivity contribution in [3.8, 4) is 0 Å². The molecule has 2 aromatic rings. The SMILES string of the molecule is Cc1ccc(C(=O)N2CCC3CCCCC3C2)c(C2CCN(C(=O)Nc3ccccc3)CC2)n1. The Kier molecular flexibility index (Phi) is 6.84. The van der Waals surface area contributed by atoms with Crippen LogP contribution in [0.15, 0.2) is 42.5 Å². The van der Waals surface area contributed by atoms with Gasteiger partial charge in [0.2, 0.25) is 0 Å². The molecule has 34 heavy (non-hydrogen) atoms. The standard InChI is InChI=1S/C28H36N4O2/c1-20-11-12-25(27(33)32-18-13-21-7-5-6-8-23(21)19-32)26(29-20)22-14-16-31(17-15-22)28(34)30-24-9-3-2-4-10-24/h2-4,9-12,21-23H,5-8,13-19H2,1H3,(H,30,34). The van der Waals surface area contributed by atoms with E-state index in [4.69, 9.17) is 4.98 Å². The fourth-order valence-electron chi connectivity index (χ4n) is 6.10. The third kappa shape index (κ3) is 4.96. The minimum atomic E-state index is -0.0616. The first-order chi connectivity index (χ1) is 16.6. The summed E-state index contributed by atoms with van der Waals surface area (Å²) in [5.74, 6) is 1.82. The Bertz CT molecular complexity index is 1020. The molecular formula is C28H36N4O2. The number of para-hydroxylation sites is 1. The number of pyridine rings is 1. The molecule has 3 fully saturated rings. The van der Waals surface area contributed by atoms with Crippen molar-refractivity contribution in [2.45, 2.75) is 57.8 Å². The smallest absolute Gasteiger partial charge is 0.321 e. The summed E-state index contributed by atoms with van der Waals surface area (Å²) in [4.78, 5) is 35.2. The van der Waals surface area contributed by atoms with Crippen LogP contribution in [0.3, 0.4) is 0 Å². The molecule has 5 rings (SSSR count). The highest BCUT2D eigenvalue weighted by Gasteiger charge is 2.35. The second-order valence-corrected chi connectivity index (χ2v) is 10.3. The highest BCUT2D eigenvalue weighted by molar-refractivity contribution is 5.95. The van der Waals surface area contributed by atoms with Crippen molar-refractivity contribution < 1.29 is 9.59 Å². The van der Waals surface area contributed by atoms with Crippen molar-refractivity contribution in [1.29, 1.82) is 0 Å². The van der Waals surface area contributed by atoms with Gasteiger partial charge in [0.15, 0.2) is 0 Å². The zero-order chi connectivity index (χ0) is 23.5. The lowest BCUT2D eigenvalue weighted by molar-refractivity contribution is 0.0518. The van der Waals surface area contributed by atoms with Crippen LogP contribution in [0.25, 0.3) is 0 Å². The zero-order valence-corrected chi connectivity index (χ0v) is 20.2. The van der Waals surface area contributed by atoms with Gasteiger partial charge in [-0.2, -0.15) is 0 Å². The summed E-state index contributed by atoms with van der Waals surface area (Å²) in [5.41, 5.74) is 3.46. The lowest BCUT2D eigenvalue weighted by Crippen LogP contribution is -2.45. The molecular weight excluding hydrogens is 424 g/mol. The van der Waals surface area contributed by atoms with Gasteiger partial charge in [-0.05, 0) is 68.7 Å². The fraction of sp³-hybridized carbons (Fsp3) is 0.536. The van der Waals surface area contributed by atoms with Gasteiger partial charge in [0, 0.05) is 43.5 Å². The van der Waals surface area contributed by atoms with Crippen molar-refractivity contribution in [2.24, 2.45) is 11.8 Å². The van der Waals surface area contributed by atoms with Crippen molar-refractivity contribution in [1.82, 2.24) is 14.8 Å². The fourth-order valence-corrected chi connectivity index (χ4v) is 6.10. The highest BCUT2D eigenvalue weighted by atomic mass is 16.2. The predicted molar refractivity (Wildman–Crippen MR) is 134 cm³/mol. The summed E-state index contributed by atoms with van der Waals surface area (Å²) in [6.45, 7) is 5.09. The van der Waals surface area contributed by atoms with Crippen molar-refractivity contribution in [2.75, 3.05) is 31.5 Å². The monoisotopic (exact) mass is 460 g/mol. The van der Waals surface area contributed by atoms with E-state index < -0.39 is 0 Å². The summed E-state index contributed by atoms with van der Waals surface area (Å²) in [5, 5.41) is 2.98. The Labute approximate surface area is 202 Å². The molecule has 1 aliphatic carbocycles. The summed E-state index contributed by atoms with van der Waals surface area (Å²) >= 11 is 0. The van der Waals surface area contributed by atoms with Crippen LogP contribution in [0, 0.1) is 18.8 Å². The number of likely N-dealkylation sites (tertiary alicyclic amines) is 2. The molecule has 1 N–H and O–H groups in total. The molecule has 2 saturated heterocycles. The van der Waals surface area contributed by atoms with Crippen LogP contribution < -0.4 is 5.32 Å². The number of nitrogens with one attached hydrogen (secondary N) is 1. The number of urea groups is 1. The number of benzene rings is 1. The van der Waals surface area contributed by atoms with Gasteiger partial charge in [0.1, 0.15) is 0 Å². The first-order valence-corrected chi connectivity index (χ1v) is 13.0. The van der Waals surface area contributed by atoms with E-state index in [1.165, 1.54) is 25.7 Å². The number of fused-ring (bicyclic) bond motifs is 1. The van der Waals surface area contributed by atoms with Crippen molar-refractivity contribution in [3.05, 3.63) is 59.4 Å². The first-order valence-electron chi connectivity index (χ1n) is 13.0.